The Bertz CT molecular complexity index is 2370. The summed E-state index contributed by atoms with van der Waals surface area (Å²) in [7, 11) is 0. The normalized spacial score (nSPS) is 12.2. The summed E-state index contributed by atoms with van der Waals surface area (Å²) in [5.74, 6) is 2.47. The number of aromatic nitrogens is 2. The molecule has 0 fully saturated rings. The van der Waals surface area contributed by atoms with E-state index in [4.69, 9.17) is 4.74 Å². The SMILES string of the molecule is c1cnc(-c2cc(-c3ccc4c(c3)Oc3ccccc3S4)cc(-c3ccc4c5ccccc5c5ccccc5c4c3)c2)nc1. The van der Waals surface area contributed by atoms with E-state index in [0.29, 0.717) is 5.82 Å². The highest BCUT2D eigenvalue weighted by Gasteiger charge is 2.19. The van der Waals surface area contributed by atoms with Crippen LogP contribution in [-0.4, -0.2) is 9.97 Å². The second kappa shape index (κ2) is 10.1. The topological polar surface area (TPSA) is 35.0 Å². The van der Waals surface area contributed by atoms with Gasteiger partial charge in [0.1, 0.15) is 11.5 Å². The van der Waals surface area contributed by atoms with E-state index >= 15 is 0 Å². The second-order valence-corrected chi connectivity index (χ2v) is 12.1. The highest BCUT2D eigenvalue weighted by Crippen LogP contribution is 2.48. The highest BCUT2D eigenvalue weighted by molar-refractivity contribution is 7.99. The number of hydrogen-bond acceptors (Lipinski definition) is 4. The molecule has 0 saturated heterocycles. The van der Waals surface area contributed by atoms with Crippen molar-refractivity contribution in [2.75, 3.05) is 0 Å². The van der Waals surface area contributed by atoms with Gasteiger partial charge in [0.25, 0.3) is 0 Å². The van der Waals surface area contributed by atoms with Crippen LogP contribution in [0.1, 0.15) is 0 Å². The van der Waals surface area contributed by atoms with Crippen molar-refractivity contribution < 1.29 is 4.74 Å². The van der Waals surface area contributed by atoms with Gasteiger partial charge in [-0.25, -0.2) is 9.97 Å². The quantitative estimate of drug-likeness (QED) is 0.195. The zero-order chi connectivity index (χ0) is 29.0. The Hall–Kier alpha value is -5.45. The van der Waals surface area contributed by atoms with Crippen LogP contribution in [0.15, 0.2) is 156 Å². The van der Waals surface area contributed by atoms with Gasteiger partial charge in [0, 0.05) is 18.0 Å². The van der Waals surface area contributed by atoms with Crippen molar-refractivity contribution in [3.8, 4) is 45.1 Å². The Morgan fingerprint density at radius 3 is 1.66 bits per heavy atom. The standard InChI is InChI=1S/C40H24N2OS/c1-2-10-32-30(8-1)31-9-3-4-11-33(31)35-23-25(14-16-34(32)35)27-20-28(22-29(21-27)40-41-18-7-19-42-40)26-15-17-39-37(24-26)43-36-12-5-6-13-38(36)44-39/h1-24H. The molecule has 44 heavy (non-hydrogen) atoms. The first-order chi connectivity index (χ1) is 21.8. The zero-order valence-corrected chi connectivity index (χ0v) is 24.4. The van der Waals surface area contributed by atoms with Crippen LogP contribution < -0.4 is 4.74 Å². The van der Waals surface area contributed by atoms with Gasteiger partial charge in [0.2, 0.25) is 0 Å². The third-order valence-corrected chi connectivity index (χ3v) is 9.51. The lowest BCUT2D eigenvalue weighted by Crippen LogP contribution is -1.95. The molecule has 2 heterocycles. The third-order valence-electron chi connectivity index (χ3n) is 8.40. The summed E-state index contributed by atoms with van der Waals surface area (Å²) in [6.45, 7) is 0. The molecular formula is C40H24N2OS. The summed E-state index contributed by atoms with van der Waals surface area (Å²) >= 11 is 1.74. The van der Waals surface area contributed by atoms with E-state index in [1.54, 1.807) is 24.2 Å². The molecular weight excluding hydrogens is 557 g/mol. The smallest absolute Gasteiger partial charge is 0.159 e. The molecule has 0 atom stereocenters. The van der Waals surface area contributed by atoms with E-state index < -0.39 is 0 Å². The predicted molar refractivity (Wildman–Crippen MR) is 181 cm³/mol. The molecule has 8 aromatic rings. The third kappa shape index (κ3) is 4.15. The number of benzene rings is 7. The van der Waals surface area contributed by atoms with Gasteiger partial charge >= 0.3 is 0 Å². The van der Waals surface area contributed by atoms with Crippen LogP contribution in [0, 0.1) is 0 Å². The van der Waals surface area contributed by atoms with Gasteiger partial charge in [-0.15, -0.1) is 0 Å². The largest absolute Gasteiger partial charge is 0.455 e. The average molecular weight is 581 g/mol. The predicted octanol–water partition coefficient (Wildman–Crippen LogP) is 11.2. The van der Waals surface area contributed by atoms with Crippen molar-refractivity contribution in [1.82, 2.24) is 9.97 Å². The molecule has 3 nitrogen and oxygen atoms in total. The maximum atomic E-state index is 6.35. The van der Waals surface area contributed by atoms with Gasteiger partial charge in [0.15, 0.2) is 5.82 Å². The Kier molecular flexibility index (Phi) is 5.75. The minimum Gasteiger partial charge on any atom is -0.455 e. The minimum atomic E-state index is 0.700. The summed E-state index contributed by atoms with van der Waals surface area (Å²) in [6, 6.07) is 47.4. The fourth-order valence-corrected chi connectivity index (χ4v) is 7.26. The van der Waals surface area contributed by atoms with Gasteiger partial charge in [-0.05, 0) is 109 Å². The first kappa shape index (κ1) is 25.1. The van der Waals surface area contributed by atoms with E-state index in [1.807, 2.05) is 24.3 Å². The summed E-state index contributed by atoms with van der Waals surface area (Å²) in [6.07, 6.45) is 3.59. The number of rotatable bonds is 3. The van der Waals surface area contributed by atoms with Crippen molar-refractivity contribution in [2.45, 2.75) is 9.79 Å². The van der Waals surface area contributed by atoms with Crippen LogP contribution in [0.3, 0.4) is 0 Å². The Morgan fingerprint density at radius 1 is 0.386 bits per heavy atom. The molecule has 0 radical (unpaired) electrons. The van der Waals surface area contributed by atoms with Gasteiger partial charge < -0.3 is 4.74 Å². The molecule has 0 unspecified atom stereocenters. The maximum absolute atomic E-state index is 6.35. The van der Waals surface area contributed by atoms with Crippen LogP contribution in [0.4, 0.5) is 0 Å². The van der Waals surface area contributed by atoms with Crippen LogP contribution in [0.2, 0.25) is 0 Å². The van der Waals surface area contributed by atoms with E-state index in [0.717, 1.165) is 49.1 Å². The van der Waals surface area contributed by atoms with Gasteiger partial charge in [-0.3, -0.25) is 0 Å². The average Bonchev–Trinajstić information content (AvgIpc) is 3.10. The Labute approximate surface area is 258 Å². The molecule has 1 aliphatic rings. The molecule has 206 valence electrons. The highest BCUT2D eigenvalue weighted by atomic mass is 32.2. The molecule has 1 aliphatic heterocycles. The summed E-state index contributed by atoms with van der Waals surface area (Å²) < 4.78 is 6.35. The molecule has 4 heteroatoms. The minimum absolute atomic E-state index is 0.700. The van der Waals surface area contributed by atoms with Crippen molar-refractivity contribution in [3.05, 3.63) is 146 Å². The summed E-state index contributed by atoms with van der Waals surface area (Å²) in [5.41, 5.74) is 5.40. The molecule has 0 spiro atoms. The molecule has 7 aromatic carbocycles. The molecule has 1 aromatic heterocycles. The van der Waals surface area contributed by atoms with Gasteiger partial charge in [-0.2, -0.15) is 0 Å². The fourth-order valence-electron chi connectivity index (χ4n) is 6.33. The van der Waals surface area contributed by atoms with Crippen molar-refractivity contribution in [2.24, 2.45) is 0 Å². The van der Waals surface area contributed by atoms with E-state index in [1.165, 1.54) is 32.3 Å². The zero-order valence-electron chi connectivity index (χ0n) is 23.6. The Balaban J connectivity index is 1.23. The van der Waals surface area contributed by atoms with Crippen molar-refractivity contribution >= 4 is 44.1 Å². The number of para-hydroxylation sites is 1. The van der Waals surface area contributed by atoms with Crippen LogP contribution in [-0.2, 0) is 0 Å². The molecule has 0 amide bonds. The molecule has 9 rings (SSSR count). The number of ether oxygens (including phenoxy) is 1. The van der Waals surface area contributed by atoms with Crippen LogP contribution in [0.5, 0.6) is 11.5 Å². The fraction of sp³-hybridized carbons (Fsp3) is 0. The molecule has 0 bridgehead atoms. The molecule has 0 saturated carbocycles. The number of hydrogen-bond donors (Lipinski definition) is 0. The summed E-state index contributed by atoms with van der Waals surface area (Å²) in [4.78, 5) is 11.4. The molecule has 0 N–H and O–H groups in total. The van der Waals surface area contributed by atoms with Gasteiger partial charge in [-0.1, -0.05) is 90.6 Å². The first-order valence-electron chi connectivity index (χ1n) is 14.6. The van der Waals surface area contributed by atoms with Crippen molar-refractivity contribution in [3.63, 3.8) is 0 Å². The van der Waals surface area contributed by atoms with E-state index in [-0.39, 0.29) is 0 Å². The van der Waals surface area contributed by atoms with Crippen LogP contribution >= 0.6 is 11.8 Å². The monoisotopic (exact) mass is 580 g/mol. The van der Waals surface area contributed by atoms with Gasteiger partial charge in [0.05, 0.1) is 9.79 Å². The van der Waals surface area contributed by atoms with E-state index in [9.17, 15) is 0 Å². The lowest BCUT2D eigenvalue weighted by molar-refractivity contribution is 0.455. The van der Waals surface area contributed by atoms with E-state index in [2.05, 4.69) is 119 Å². The lowest BCUT2D eigenvalue weighted by Gasteiger charge is -2.20. The number of nitrogens with zero attached hydrogens (tertiary/aromatic N) is 2. The number of fused-ring (bicyclic) bond motifs is 8. The Morgan fingerprint density at radius 2 is 0.932 bits per heavy atom. The molecule has 0 aliphatic carbocycles. The van der Waals surface area contributed by atoms with Crippen LogP contribution in [0.25, 0.3) is 66.0 Å². The first-order valence-corrected chi connectivity index (χ1v) is 15.5. The van der Waals surface area contributed by atoms with Crippen molar-refractivity contribution in [1.29, 1.82) is 0 Å². The maximum Gasteiger partial charge on any atom is 0.159 e. The second-order valence-electron chi connectivity index (χ2n) is 11.0. The summed E-state index contributed by atoms with van der Waals surface area (Å²) in [5, 5.41) is 7.59. The lowest BCUT2D eigenvalue weighted by atomic mass is 9.90.